The predicted octanol–water partition coefficient (Wildman–Crippen LogP) is 2.24. The third-order valence-corrected chi connectivity index (χ3v) is 5.20. The molecule has 0 saturated heterocycles. The van der Waals surface area contributed by atoms with Gasteiger partial charge in [-0.1, -0.05) is 56.3 Å². The predicted molar refractivity (Wildman–Crippen MR) is 120 cm³/mol. The lowest BCUT2D eigenvalue weighted by molar-refractivity contribution is -0.160. The fourth-order valence-corrected chi connectivity index (χ4v) is 3.67. The Labute approximate surface area is 187 Å². The number of hydrogen-bond acceptors (Lipinski definition) is 6. The summed E-state index contributed by atoms with van der Waals surface area (Å²) in [5, 5.41) is 13.3. The number of anilines is 1. The van der Waals surface area contributed by atoms with Gasteiger partial charge in [-0.25, -0.2) is 0 Å². The molecular weight excluding hydrogens is 410 g/mol. The molecule has 0 aliphatic carbocycles. The number of hydrogen-bond donors (Lipinski definition) is 3. The Balaban J connectivity index is 2.13. The average Bonchev–Trinajstić information content (AvgIpc) is 2.90. The number of aliphatic hydroxyl groups is 1. The Kier molecular flexibility index (Phi) is 7.27. The van der Waals surface area contributed by atoms with Crippen LogP contribution in [0.25, 0.3) is 0 Å². The second-order valence-electron chi connectivity index (χ2n) is 8.36. The summed E-state index contributed by atoms with van der Waals surface area (Å²) >= 11 is 0. The van der Waals surface area contributed by atoms with Crippen LogP contribution in [0.2, 0.25) is 0 Å². The first-order chi connectivity index (χ1) is 15.2. The van der Waals surface area contributed by atoms with Gasteiger partial charge in [0.1, 0.15) is 11.9 Å². The minimum Gasteiger partial charge on any atom is -0.481 e. The van der Waals surface area contributed by atoms with Crippen LogP contribution in [0.3, 0.4) is 0 Å². The van der Waals surface area contributed by atoms with Crippen LogP contribution in [0.5, 0.6) is 5.75 Å². The zero-order valence-electron chi connectivity index (χ0n) is 18.4. The van der Waals surface area contributed by atoms with Gasteiger partial charge in [-0.3, -0.25) is 19.3 Å². The van der Waals surface area contributed by atoms with Crippen LogP contribution in [0.4, 0.5) is 5.69 Å². The molecule has 3 rings (SSSR count). The highest BCUT2D eigenvalue weighted by Crippen LogP contribution is 2.36. The van der Waals surface area contributed by atoms with Crippen LogP contribution in [0, 0.1) is 5.92 Å². The number of benzene rings is 2. The fraction of sp³-hybridized carbons (Fsp3) is 0.375. The van der Waals surface area contributed by atoms with E-state index in [1.807, 2.05) is 19.9 Å². The Hall–Kier alpha value is -3.23. The van der Waals surface area contributed by atoms with Crippen LogP contribution in [0.15, 0.2) is 54.6 Å². The largest absolute Gasteiger partial charge is 0.481 e. The van der Waals surface area contributed by atoms with E-state index < -0.39 is 42.0 Å². The summed E-state index contributed by atoms with van der Waals surface area (Å²) in [6, 6.07) is 13.3. The summed E-state index contributed by atoms with van der Waals surface area (Å²) in [4.78, 5) is 40.6. The SMILES string of the molecule is CC(C)C[C@H](O)C(=O)N(C(=O)[C@H](C)N)[C@@H]1C(=O)Nc2ccccc2O[C@@H]1c1ccccc1. The number of nitrogens with zero attached hydrogens (tertiary/aromatic N) is 1. The third-order valence-electron chi connectivity index (χ3n) is 5.20. The second-order valence-corrected chi connectivity index (χ2v) is 8.36. The van der Waals surface area contributed by atoms with Crippen molar-refractivity contribution in [3.8, 4) is 5.75 Å². The van der Waals surface area contributed by atoms with Gasteiger partial charge in [-0.15, -0.1) is 0 Å². The van der Waals surface area contributed by atoms with Crippen molar-refractivity contribution in [3.05, 3.63) is 60.2 Å². The molecule has 1 heterocycles. The number of carbonyl (C=O) groups is 3. The van der Waals surface area contributed by atoms with Crippen LogP contribution >= 0.6 is 0 Å². The highest BCUT2D eigenvalue weighted by molar-refractivity contribution is 6.07. The van der Waals surface area contributed by atoms with Gasteiger partial charge < -0.3 is 20.9 Å². The molecule has 3 amide bonds. The molecule has 32 heavy (non-hydrogen) atoms. The number of carbonyl (C=O) groups excluding carboxylic acids is 3. The maximum Gasteiger partial charge on any atom is 0.258 e. The van der Waals surface area contributed by atoms with Crippen molar-refractivity contribution in [1.82, 2.24) is 4.90 Å². The third kappa shape index (κ3) is 4.98. The van der Waals surface area contributed by atoms with Crippen molar-refractivity contribution in [2.45, 2.75) is 51.5 Å². The van der Waals surface area contributed by atoms with Gasteiger partial charge >= 0.3 is 0 Å². The Morgan fingerprint density at radius 2 is 1.69 bits per heavy atom. The number of rotatable bonds is 6. The highest BCUT2D eigenvalue weighted by atomic mass is 16.5. The number of nitrogens with two attached hydrogens (primary N) is 1. The van der Waals surface area contributed by atoms with Gasteiger partial charge in [0.15, 0.2) is 12.1 Å². The molecule has 170 valence electrons. The molecule has 4 N–H and O–H groups in total. The molecule has 0 fully saturated rings. The summed E-state index contributed by atoms with van der Waals surface area (Å²) in [7, 11) is 0. The maximum absolute atomic E-state index is 13.4. The van der Waals surface area contributed by atoms with Crippen molar-refractivity contribution < 1.29 is 24.2 Å². The minimum absolute atomic E-state index is 0.00501. The zero-order chi connectivity index (χ0) is 23.4. The van der Waals surface area contributed by atoms with Gasteiger partial charge in [0.25, 0.3) is 11.8 Å². The molecule has 0 bridgehead atoms. The van der Waals surface area contributed by atoms with Crippen molar-refractivity contribution in [2.24, 2.45) is 11.7 Å². The van der Waals surface area contributed by atoms with Crippen molar-refractivity contribution in [3.63, 3.8) is 0 Å². The molecule has 8 nitrogen and oxygen atoms in total. The Bertz CT molecular complexity index is 977. The number of para-hydroxylation sites is 2. The van der Waals surface area contributed by atoms with E-state index in [-0.39, 0.29) is 12.3 Å². The van der Waals surface area contributed by atoms with Crippen molar-refractivity contribution in [2.75, 3.05) is 5.32 Å². The lowest BCUT2D eigenvalue weighted by atomic mass is 9.97. The Morgan fingerprint density at radius 1 is 1.06 bits per heavy atom. The summed E-state index contributed by atoms with van der Waals surface area (Å²) in [5.41, 5.74) is 6.85. The normalized spacial score (nSPS) is 19.8. The van der Waals surface area contributed by atoms with Crippen LogP contribution < -0.4 is 15.8 Å². The van der Waals surface area contributed by atoms with Crippen molar-refractivity contribution >= 4 is 23.4 Å². The van der Waals surface area contributed by atoms with E-state index in [1.54, 1.807) is 48.5 Å². The molecule has 2 aromatic carbocycles. The summed E-state index contributed by atoms with van der Waals surface area (Å²) in [6.45, 7) is 5.12. The standard InChI is InChI=1S/C24H29N3O5/c1-14(2)13-18(28)24(31)27(23(30)15(3)25)20-21(16-9-5-4-6-10-16)32-19-12-8-7-11-17(19)26-22(20)29/h4-12,14-15,18,20-21,28H,13,25H2,1-3H3,(H,26,29)/t15-,18-,20-,21+/m0/s1. The topological polar surface area (TPSA) is 122 Å². The number of imide groups is 1. The van der Waals surface area contributed by atoms with E-state index in [0.717, 1.165) is 4.90 Å². The molecule has 1 aliphatic heterocycles. The molecule has 0 spiro atoms. The molecule has 0 saturated carbocycles. The van der Waals surface area contributed by atoms with Gasteiger partial charge in [0, 0.05) is 0 Å². The highest BCUT2D eigenvalue weighted by Gasteiger charge is 2.46. The van der Waals surface area contributed by atoms with Gasteiger partial charge in [0.2, 0.25) is 5.91 Å². The molecule has 0 unspecified atom stereocenters. The maximum atomic E-state index is 13.4. The summed E-state index contributed by atoms with van der Waals surface area (Å²) in [5.74, 6) is -1.86. The molecular formula is C24H29N3O5. The Morgan fingerprint density at radius 3 is 2.31 bits per heavy atom. The number of nitrogens with one attached hydrogen (secondary N) is 1. The minimum atomic E-state index is -1.47. The van der Waals surface area contributed by atoms with Crippen molar-refractivity contribution in [1.29, 1.82) is 0 Å². The average molecular weight is 440 g/mol. The first kappa shape index (κ1) is 23.4. The first-order valence-corrected chi connectivity index (χ1v) is 10.6. The van der Waals surface area contributed by atoms with Gasteiger partial charge in [-0.2, -0.15) is 0 Å². The van der Waals surface area contributed by atoms with Gasteiger partial charge in [-0.05, 0) is 37.0 Å². The quantitative estimate of drug-likeness (QED) is 0.635. The first-order valence-electron chi connectivity index (χ1n) is 10.6. The number of fused-ring (bicyclic) bond motifs is 1. The van der Waals surface area contributed by atoms with E-state index in [9.17, 15) is 19.5 Å². The molecule has 4 atom stereocenters. The second kappa shape index (κ2) is 9.93. The fourth-order valence-electron chi connectivity index (χ4n) is 3.67. The van der Waals surface area contributed by atoms with Gasteiger partial charge in [0.05, 0.1) is 11.7 Å². The molecule has 0 aromatic heterocycles. The van der Waals surface area contributed by atoms with Crippen LogP contribution in [0.1, 0.15) is 38.9 Å². The molecule has 0 radical (unpaired) electrons. The van der Waals surface area contributed by atoms with Crippen LogP contribution in [-0.4, -0.2) is 45.9 Å². The summed E-state index contributed by atoms with van der Waals surface area (Å²) in [6.07, 6.45) is -2.34. The van der Waals surface area contributed by atoms with E-state index in [2.05, 4.69) is 5.32 Å². The number of ether oxygens (including phenoxy) is 1. The lowest BCUT2D eigenvalue weighted by Crippen LogP contribution is -2.59. The van der Waals surface area contributed by atoms with Crippen LogP contribution in [-0.2, 0) is 14.4 Å². The summed E-state index contributed by atoms with van der Waals surface area (Å²) < 4.78 is 6.20. The van der Waals surface area contributed by atoms with E-state index in [1.165, 1.54) is 6.92 Å². The monoisotopic (exact) mass is 439 g/mol. The molecule has 2 aromatic rings. The van der Waals surface area contributed by atoms with E-state index in [4.69, 9.17) is 10.5 Å². The number of amides is 3. The molecule has 8 heteroatoms. The van der Waals surface area contributed by atoms with E-state index in [0.29, 0.717) is 17.0 Å². The smallest absolute Gasteiger partial charge is 0.258 e. The zero-order valence-corrected chi connectivity index (χ0v) is 18.4. The molecule has 1 aliphatic rings. The number of aliphatic hydroxyl groups excluding tert-OH is 1. The van der Waals surface area contributed by atoms with E-state index >= 15 is 0 Å². The lowest BCUT2D eigenvalue weighted by Gasteiger charge is -2.35.